The van der Waals surface area contributed by atoms with Crippen LogP contribution in [0.4, 0.5) is 0 Å². The van der Waals surface area contributed by atoms with Gasteiger partial charge in [-0.1, -0.05) is 6.07 Å². The molecule has 0 aliphatic heterocycles. The molecular weight excluding hydrogens is 278 g/mol. The largest absolute Gasteiger partial charge is 0.493 e. The van der Waals surface area contributed by atoms with Gasteiger partial charge in [-0.25, -0.2) is 0 Å². The summed E-state index contributed by atoms with van der Waals surface area (Å²) in [5.74, 6) is 1.27. The summed E-state index contributed by atoms with van der Waals surface area (Å²) in [4.78, 5) is 0. The van der Waals surface area contributed by atoms with Crippen molar-refractivity contribution >= 4 is 23.5 Å². The Kier molecular flexibility index (Phi) is 7.38. The van der Waals surface area contributed by atoms with Crippen LogP contribution in [0.2, 0.25) is 0 Å². The Bertz CT molecular complexity index is 466. The van der Waals surface area contributed by atoms with E-state index in [9.17, 15) is 0 Å². The summed E-state index contributed by atoms with van der Waals surface area (Å²) in [7, 11) is 4.80. The molecule has 0 amide bonds. The molecule has 0 radical (unpaired) electrons. The van der Waals surface area contributed by atoms with Crippen molar-refractivity contribution < 1.29 is 14.2 Å². The lowest BCUT2D eigenvalue weighted by molar-refractivity contribution is 0.204. The molecule has 0 bridgehead atoms. The van der Waals surface area contributed by atoms with E-state index < -0.39 is 0 Å². The van der Waals surface area contributed by atoms with Crippen LogP contribution < -0.4 is 20.2 Å². The average Bonchev–Trinajstić information content (AvgIpc) is 2.47. The third-order valence-corrected chi connectivity index (χ3v) is 2.63. The van der Waals surface area contributed by atoms with E-state index in [0.717, 1.165) is 5.56 Å². The molecule has 2 N–H and O–H groups in total. The number of hydrogen-bond donors (Lipinski definition) is 2. The Morgan fingerprint density at radius 1 is 1.30 bits per heavy atom. The van der Waals surface area contributed by atoms with E-state index in [1.807, 2.05) is 18.2 Å². The molecule has 0 aliphatic rings. The molecule has 0 saturated heterocycles. The summed E-state index contributed by atoms with van der Waals surface area (Å²) in [5.41, 5.74) is 3.51. The van der Waals surface area contributed by atoms with Crippen LogP contribution in [0, 0.1) is 0 Å². The van der Waals surface area contributed by atoms with Crippen molar-refractivity contribution in [3.8, 4) is 11.5 Å². The second-order valence-corrected chi connectivity index (χ2v) is 4.11. The van der Waals surface area contributed by atoms with Crippen LogP contribution in [-0.2, 0) is 4.74 Å². The van der Waals surface area contributed by atoms with Gasteiger partial charge in [-0.3, -0.25) is 5.43 Å². The van der Waals surface area contributed by atoms with Crippen molar-refractivity contribution in [2.45, 2.75) is 0 Å². The Hall–Kier alpha value is -1.86. The maximum Gasteiger partial charge on any atom is 0.187 e. The maximum atomic E-state index is 5.30. The number of benzene rings is 1. The lowest BCUT2D eigenvalue weighted by Gasteiger charge is -2.09. The van der Waals surface area contributed by atoms with Gasteiger partial charge in [-0.15, -0.1) is 0 Å². The summed E-state index contributed by atoms with van der Waals surface area (Å²) in [6, 6.07) is 5.55. The first-order chi connectivity index (χ1) is 9.72. The summed E-state index contributed by atoms with van der Waals surface area (Å²) in [6.07, 6.45) is 1.62. The van der Waals surface area contributed by atoms with Crippen LogP contribution in [0.5, 0.6) is 11.5 Å². The molecule has 0 aliphatic carbocycles. The fourth-order valence-corrected chi connectivity index (χ4v) is 1.64. The van der Waals surface area contributed by atoms with Gasteiger partial charge in [0.15, 0.2) is 16.6 Å². The third kappa shape index (κ3) is 5.02. The molecule has 7 heteroatoms. The Balaban J connectivity index is 2.60. The number of nitrogens with zero attached hydrogens (tertiary/aromatic N) is 1. The van der Waals surface area contributed by atoms with E-state index >= 15 is 0 Å². The summed E-state index contributed by atoms with van der Waals surface area (Å²) in [6.45, 7) is 1.20. The average molecular weight is 297 g/mol. The number of thiocarbonyl (C=S) groups is 1. The SMILES string of the molecule is COCCNC(=S)N/N=C/c1cccc(OC)c1OC. The van der Waals surface area contributed by atoms with Gasteiger partial charge in [0.25, 0.3) is 0 Å². The van der Waals surface area contributed by atoms with Gasteiger partial charge in [0.1, 0.15) is 0 Å². The lowest BCUT2D eigenvalue weighted by Crippen LogP contribution is -2.34. The Labute approximate surface area is 124 Å². The molecule has 0 heterocycles. The molecule has 0 aromatic heterocycles. The molecule has 0 saturated carbocycles. The molecule has 0 unspecified atom stereocenters. The molecule has 0 fully saturated rings. The second kappa shape index (κ2) is 9.11. The monoisotopic (exact) mass is 297 g/mol. The minimum absolute atomic E-state index is 0.431. The van der Waals surface area contributed by atoms with Crippen molar-refractivity contribution in [2.75, 3.05) is 34.5 Å². The first-order valence-electron chi connectivity index (χ1n) is 5.99. The minimum Gasteiger partial charge on any atom is -0.493 e. The van der Waals surface area contributed by atoms with Gasteiger partial charge in [-0.2, -0.15) is 5.10 Å². The molecule has 20 heavy (non-hydrogen) atoms. The fourth-order valence-electron chi connectivity index (χ4n) is 1.48. The van der Waals surface area contributed by atoms with Crippen LogP contribution in [0.15, 0.2) is 23.3 Å². The molecule has 0 atom stereocenters. The molecule has 6 nitrogen and oxygen atoms in total. The maximum absolute atomic E-state index is 5.30. The smallest absolute Gasteiger partial charge is 0.187 e. The zero-order valence-electron chi connectivity index (χ0n) is 11.8. The zero-order valence-corrected chi connectivity index (χ0v) is 12.6. The second-order valence-electron chi connectivity index (χ2n) is 3.70. The van der Waals surface area contributed by atoms with Crippen LogP contribution in [0.25, 0.3) is 0 Å². The van der Waals surface area contributed by atoms with E-state index in [1.54, 1.807) is 27.5 Å². The molecular formula is C13H19N3O3S. The van der Waals surface area contributed by atoms with Crippen molar-refractivity contribution in [2.24, 2.45) is 5.10 Å². The van der Waals surface area contributed by atoms with Gasteiger partial charge >= 0.3 is 0 Å². The van der Waals surface area contributed by atoms with Crippen LogP contribution in [0.3, 0.4) is 0 Å². The first-order valence-corrected chi connectivity index (χ1v) is 6.40. The van der Waals surface area contributed by atoms with Crippen LogP contribution >= 0.6 is 12.2 Å². The quantitative estimate of drug-likeness (QED) is 0.341. The summed E-state index contributed by atoms with van der Waals surface area (Å²) >= 11 is 5.05. The van der Waals surface area contributed by atoms with Crippen molar-refractivity contribution in [3.63, 3.8) is 0 Å². The molecule has 1 aromatic carbocycles. The van der Waals surface area contributed by atoms with Gasteiger partial charge in [0.05, 0.1) is 27.0 Å². The number of methoxy groups -OCH3 is 3. The highest BCUT2D eigenvalue weighted by molar-refractivity contribution is 7.80. The Morgan fingerprint density at radius 3 is 2.75 bits per heavy atom. The predicted octanol–water partition coefficient (Wildman–Crippen LogP) is 1.15. The standard InChI is InChI=1S/C13H19N3O3S/c1-17-8-7-14-13(20)16-15-9-10-5-4-6-11(18-2)12(10)19-3/h4-6,9H,7-8H2,1-3H3,(H2,14,16,20)/b15-9+. The highest BCUT2D eigenvalue weighted by Crippen LogP contribution is 2.29. The summed E-state index contributed by atoms with van der Waals surface area (Å²) in [5, 5.41) is 7.43. The van der Waals surface area contributed by atoms with Crippen LogP contribution in [-0.4, -0.2) is 45.8 Å². The molecule has 0 spiro atoms. The lowest BCUT2D eigenvalue weighted by atomic mass is 10.2. The Morgan fingerprint density at radius 2 is 2.10 bits per heavy atom. The summed E-state index contributed by atoms with van der Waals surface area (Å²) < 4.78 is 15.4. The van der Waals surface area contributed by atoms with E-state index in [-0.39, 0.29) is 0 Å². The highest BCUT2D eigenvalue weighted by atomic mass is 32.1. The van der Waals surface area contributed by atoms with Gasteiger partial charge in [-0.05, 0) is 24.4 Å². The van der Waals surface area contributed by atoms with Crippen molar-refractivity contribution in [3.05, 3.63) is 23.8 Å². The van der Waals surface area contributed by atoms with Gasteiger partial charge in [0, 0.05) is 19.2 Å². The number of nitrogens with one attached hydrogen (secondary N) is 2. The third-order valence-electron chi connectivity index (χ3n) is 2.39. The molecule has 110 valence electrons. The van der Waals surface area contributed by atoms with E-state index in [1.165, 1.54) is 0 Å². The normalized spacial score (nSPS) is 10.3. The predicted molar refractivity (Wildman–Crippen MR) is 82.8 cm³/mol. The molecule has 1 rings (SSSR count). The number of hydrogen-bond acceptors (Lipinski definition) is 5. The van der Waals surface area contributed by atoms with E-state index in [0.29, 0.717) is 29.8 Å². The molecule has 1 aromatic rings. The van der Waals surface area contributed by atoms with Gasteiger partial charge in [0.2, 0.25) is 0 Å². The van der Waals surface area contributed by atoms with Crippen molar-refractivity contribution in [1.29, 1.82) is 0 Å². The minimum atomic E-state index is 0.431. The zero-order chi connectivity index (χ0) is 14.8. The topological polar surface area (TPSA) is 64.1 Å². The number of para-hydroxylation sites is 1. The fraction of sp³-hybridized carbons (Fsp3) is 0.385. The number of hydrazone groups is 1. The van der Waals surface area contributed by atoms with E-state index in [2.05, 4.69) is 15.8 Å². The van der Waals surface area contributed by atoms with Crippen molar-refractivity contribution in [1.82, 2.24) is 10.7 Å². The van der Waals surface area contributed by atoms with E-state index in [4.69, 9.17) is 26.4 Å². The number of rotatable bonds is 7. The highest BCUT2D eigenvalue weighted by Gasteiger charge is 2.07. The van der Waals surface area contributed by atoms with Crippen LogP contribution in [0.1, 0.15) is 5.56 Å². The van der Waals surface area contributed by atoms with Gasteiger partial charge < -0.3 is 19.5 Å². The first kappa shape index (κ1) is 16.2. The number of ether oxygens (including phenoxy) is 3.